The first kappa shape index (κ1) is 20.3. The van der Waals surface area contributed by atoms with Gasteiger partial charge in [0.15, 0.2) is 0 Å². The molecule has 0 aliphatic rings. The Balaban J connectivity index is 0.00000243. The second-order valence-electron chi connectivity index (χ2n) is 6.42. The fraction of sp³-hybridized carbons (Fsp3) is 0.304. The summed E-state index contributed by atoms with van der Waals surface area (Å²) in [4.78, 5) is 0. The Hall–Kier alpha value is -2.03. The zero-order valence-corrected chi connectivity index (χ0v) is 16.2. The van der Waals surface area contributed by atoms with E-state index >= 15 is 0 Å². The first-order valence-corrected chi connectivity index (χ1v) is 9.26. The molecule has 0 aromatic heterocycles. The summed E-state index contributed by atoms with van der Waals surface area (Å²) in [5.41, 5.74) is 2.45. The van der Waals surface area contributed by atoms with Gasteiger partial charge in [-0.1, -0.05) is 80.4 Å². The molecule has 0 amide bonds. The lowest BCUT2D eigenvalue weighted by atomic mass is 10.0. The van der Waals surface area contributed by atoms with Crippen molar-refractivity contribution in [2.45, 2.75) is 39.3 Å². The molecule has 26 heavy (non-hydrogen) atoms. The third-order valence-electron chi connectivity index (χ3n) is 4.49. The highest BCUT2D eigenvalue weighted by atomic mass is 35.5. The standard InChI is InChI=1S/C23H27NO.ClH/c1-2-3-9-16-24-17-22-21-13-8-7-12-20(21)14-15-23(22)25-18-19-10-5-4-6-11-19;/h4-8,10-15,24H,2-3,9,16-18H2,1H3;1H. The van der Waals surface area contributed by atoms with Crippen molar-refractivity contribution in [2.75, 3.05) is 6.54 Å². The van der Waals surface area contributed by atoms with E-state index in [0.717, 1.165) is 18.8 Å². The molecule has 0 unspecified atom stereocenters. The van der Waals surface area contributed by atoms with Crippen LogP contribution in [0, 0.1) is 0 Å². The minimum absolute atomic E-state index is 0. The summed E-state index contributed by atoms with van der Waals surface area (Å²) in [5.74, 6) is 0.977. The lowest BCUT2D eigenvalue weighted by molar-refractivity contribution is 0.302. The maximum absolute atomic E-state index is 6.17. The van der Waals surface area contributed by atoms with E-state index < -0.39 is 0 Å². The molecular weight excluding hydrogens is 342 g/mol. The summed E-state index contributed by atoms with van der Waals surface area (Å²) in [7, 11) is 0. The summed E-state index contributed by atoms with van der Waals surface area (Å²) in [6.45, 7) is 4.73. The monoisotopic (exact) mass is 369 g/mol. The predicted molar refractivity (Wildman–Crippen MR) is 113 cm³/mol. The van der Waals surface area contributed by atoms with Crippen molar-refractivity contribution in [3.8, 4) is 5.75 Å². The van der Waals surface area contributed by atoms with Gasteiger partial charge in [0.2, 0.25) is 0 Å². The smallest absolute Gasteiger partial charge is 0.124 e. The normalized spacial score (nSPS) is 10.5. The van der Waals surface area contributed by atoms with Crippen molar-refractivity contribution < 1.29 is 4.74 Å². The van der Waals surface area contributed by atoms with Crippen LogP contribution in [0.15, 0.2) is 66.7 Å². The van der Waals surface area contributed by atoms with Crippen molar-refractivity contribution in [1.29, 1.82) is 0 Å². The number of unbranched alkanes of at least 4 members (excludes halogenated alkanes) is 2. The highest BCUT2D eigenvalue weighted by molar-refractivity contribution is 5.87. The molecule has 0 bridgehead atoms. The number of nitrogens with one attached hydrogen (secondary N) is 1. The Morgan fingerprint density at radius 3 is 2.42 bits per heavy atom. The lowest BCUT2D eigenvalue weighted by Crippen LogP contribution is -2.15. The molecule has 0 aliphatic heterocycles. The molecule has 3 heteroatoms. The minimum atomic E-state index is 0. The molecule has 0 radical (unpaired) electrons. The largest absolute Gasteiger partial charge is 0.489 e. The summed E-state index contributed by atoms with van der Waals surface area (Å²) in [5, 5.41) is 6.13. The number of rotatable bonds is 9. The van der Waals surface area contributed by atoms with Crippen LogP contribution in [0.4, 0.5) is 0 Å². The van der Waals surface area contributed by atoms with Gasteiger partial charge in [-0.25, -0.2) is 0 Å². The highest BCUT2D eigenvalue weighted by Gasteiger charge is 2.09. The van der Waals surface area contributed by atoms with E-state index in [0.29, 0.717) is 6.61 Å². The van der Waals surface area contributed by atoms with Gasteiger partial charge in [0.05, 0.1) is 0 Å². The van der Waals surface area contributed by atoms with Crippen LogP contribution in [0.1, 0.15) is 37.3 Å². The van der Waals surface area contributed by atoms with E-state index in [9.17, 15) is 0 Å². The van der Waals surface area contributed by atoms with Crippen molar-refractivity contribution >= 4 is 23.2 Å². The van der Waals surface area contributed by atoms with Gasteiger partial charge in [0.25, 0.3) is 0 Å². The zero-order chi connectivity index (χ0) is 17.3. The van der Waals surface area contributed by atoms with Gasteiger partial charge in [-0.15, -0.1) is 12.4 Å². The molecule has 0 spiro atoms. The Morgan fingerprint density at radius 1 is 0.846 bits per heavy atom. The van der Waals surface area contributed by atoms with Gasteiger partial charge in [-0.05, 0) is 35.4 Å². The summed E-state index contributed by atoms with van der Waals surface area (Å²) >= 11 is 0. The molecule has 2 nitrogen and oxygen atoms in total. The fourth-order valence-electron chi connectivity index (χ4n) is 3.08. The van der Waals surface area contributed by atoms with Gasteiger partial charge in [-0.3, -0.25) is 0 Å². The Bertz CT molecular complexity index is 789. The molecule has 3 aromatic carbocycles. The molecule has 0 aliphatic carbocycles. The molecule has 3 rings (SSSR count). The summed E-state index contributed by atoms with van der Waals surface area (Å²) < 4.78 is 6.17. The van der Waals surface area contributed by atoms with E-state index in [1.807, 2.05) is 6.07 Å². The average molecular weight is 370 g/mol. The van der Waals surface area contributed by atoms with Crippen LogP contribution in [-0.4, -0.2) is 6.54 Å². The Kier molecular flexibility index (Phi) is 8.46. The van der Waals surface area contributed by atoms with E-state index in [1.165, 1.54) is 41.2 Å². The van der Waals surface area contributed by atoms with Gasteiger partial charge < -0.3 is 10.1 Å². The Morgan fingerprint density at radius 2 is 1.62 bits per heavy atom. The highest BCUT2D eigenvalue weighted by Crippen LogP contribution is 2.28. The van der Waals surface area contributed by atoms with Crippen LogP contribution >= 0.6 is 12.4 Å². The van der Waals surface area contributed by atoms with E-state index in [-0.39, 0.29) is 12.4 Å². The topological polar surface area (TPSA) is 21.3 Å². The predicted octanol–water partition coefficient (Wildman–Crippen LogP) is 6.12. The van der Waals surface area contributed by atoms with Crippen LogP contribution in [-0.2, 0) is 13.2 Å². The van der Waals surface area contributed by atoms with Crippen LogP contribution < -0.4 is 10.1 Å². The van der Waals surface area contributed by atoms with Gasteiger partial charge in [0, 0.05) is 12.1 Å². The van der Waals surface area contributed by atoms with E-state index in [4.69, 9.17) is 4.74 Å². The number of ether oxygens (including phenoxy) is 1. The molecular formula is C23H28ClNO. The number of hydrogen-bond acceptors (Lipinski definition) is 2. The molecule has 0 atom stereocenters. The quantitative estimate of drug-likeness (QED) is 0.459. The third-order valence-corrected chi connectivity index (χ3v) is 4.49. The molecule has 0 fully saturated rings. The van der Waals surface area contributed by atoms with Gasteiger partial charge >= 0.3 is 0 Å². The van der Waals surface area contributed by atoms with E-state index in [2.05, 4.69) is 72.9 Å². The maximum atomic E-state index is 6.17. The first-order chi connectivity index (χ1) is 12.4. The first-order valence-electron chi connectivity index (χ1n) is 9.26. The number of fused-ring (bicyclic) bond motifs is 1. The SMILES string of the molecule is CCCCCNCc1c(OCc2ccccc2)ccc2ccccc12.Cl. The molecule has 0 saturated heterocycles. The minimum Gasteiger partial charge on any atom is -0.489 e. The molecule has 0 heterocycles. The Labute approximate surface area is 163 Å². The maximum Gasteiger partial charge on any atom is 0.124 e. The molecule has 1 N–H and O–H groups in total. The number of benzene rings is 3. The van der Waals surface area contributed by atoms with Gasteiger partial charge in [0.1, 0.15) is 12.4 Å². The summed E-state index contributed by atoms with van der Waals surface area (Å²) in [6, 6.07) is 23.1. The van der Waals surface area contributed by atoms with Crippen LogP contribution in [0.2, 0.25) is 0 Å². The average Bonchev–Trinajstić information content (AvgIpc) is 2.67. The third kappa shape index (κ3) is 5.48. The van der Waals surface area contributed by atoms with Crippen molar-refractivity contribution in [3.05, 3.63) is 77.9 Å². The van der Waals surface area contributed by atoms with Gasteiger partial charge in [-0.2, -0.15) is 0 Å². The van der Waals surface area contributed by atoms with E-state index in [1.54, 1.807) is 0 Å². The number of hydrogen-bond donors (Lipinski definition) is 1. The summed E-state index contributed by atoms with van der Waals surface area (Å²) in [6.07, 6.45) is 3.75. The second-order valence-corrected chi connectivity index (χ2v) is 6.42. The van der Waals surface area contributed by atoms with Crippen molar-refractivity contribution in [1.82, 2.24) is 5.32 Å². The second kappa shape index (κ2) is 10.8. The molecule has 138 valence electrons. The van der Waals surface area contributed by atoms with Crippen LogP contribution in [0.3, 0.4) is 0 Å². The lowest BCUT2D eigenvalue weighted by Gasteiger charge is -2.15. The van der Waals surface area contributed by atoms with Crippen LogP contribution in [0.25, 0.3) is 10.8 Å². The zero-order valence-electron chi connectivity index (χ0n) is 15.4. The number of halogens is 1. The molecule has 3 aromatic rings. The fourth-order valence-corrected chi connectivity index (χ4v) is 3.08. The van der Waals surface area contributed by atoms with Crippen LogP contribution in [0.5, 0.6) is 5.75 Å². The van der Waals surface area contributed by atoms with Crippen molar-refractivity contribution in [3.63, 3.8) is 0 Å². The molecule has 0 saturated carbocycles. The van der Waals surface area contributed by atoms with Crippen molar-refractivity contribution in [2.24, 2.45) is 0 Å².